The van der Waals surface area contributed by atoms with Crippen LogP contribution in [0.4, 0.5) is 4.39 Å². The molecule has 0 aliphatic carbocycles. The summed E-state index contributed by atoms with van der Waals surface area (Å²) in [5, 5.41) is 0.703. The summed E-state index contributed by atoms with van der Waals surface area (Å²) in [6.45, 7) is 3.90. The molecule has 0 N–H and O–H groups in total. The Labute approximate surface area is 110 Å². The second-order valence-corrected chi connectivity index (χ2v) is 4.10. The number of aryl methyl sites for hydroxylation is 1. The maximum Gasteiger partial charge on any atom is 0.330 e. The van der Waals surface area contributed by atoms with Crippen molar-refractivity contribution in [1.82, 2.24) is 4.98 Å². The van der Waals surface area contributed by atoms with Crippen molar-refractivity contribution in [3.63, 3.8) is 0 Å². The molecule has 2 rings (SSSR count). The van der Waals surface area contributed by atoms with Crippen molar-refractivity contribution >= 4 is 22.9 Å². The van der Waals surface area contributed by atoms with Gasteiger partial charge < -0.3 is 4.74 Å². The summed E-state index contributed by atoms with van der Waals surface area (Å²) in [5.74, 6) is -0.811. The number of pyridine rings is 1. The van der Waals surface area contributed by atoms with Crippen LogP contribution in [0.5, 0.6) is 0 Å². The number of benzene rings is 1. The van der Waals surface area contributed by atoms with E-state index in [-0.39, 0.29) is 5.82 Å². The topological polar surface area (TPSA) is 39.2 Å². The number of hydrogen-bond donors (Lipinski definition) is 0. The van der Waals surface area contributed by atoms with Crippen LogP contribution in [-0.4, -0.2) is 17.6 Å². The fourth-order valence-corrected chi connectivity index (χ4v) is 1.80. The van der Waals surface area contributed by atoms with Gasteiger partial charge in [-0.25, -0.2) is 9.18 Å². The van der Waals surface area contributed by atoms with Crippen LogP contribution in [0.1, 0.15) is 18.2 Å². The molecule has 0 spiro atoms. The van der Waals surface area contributed by atoms with Gasteiger partial charge >= 0.3 is 5.97 Å². The molecule has 0 saturated carbocycles. The third kappa shape index (κ3) is 3.16. The second-order valence-electron chi connectivity index (χ2n) is 4.10. The number of ether oxygens (including phenoxy) is 1. The number of nitrogens with zero attached hydrogens (tertiary/aromatic N) is 1. The number of carbonyl (C=O) groups excluding carboxylic acids is 1. The largest absolute Gasteiger partial charge is 0.463 e. The predicted molar refractivity (Wildman–Crippen MR) is 72.1 cm³/mol. The molecule has 0 radical (unpaired) electrons. The van der Waals surface area contributed by atoms with E-state index in [2.05, 4.69) is 4.98 Å². The van der Waals surface area contributed by atoms with Crippen molar-refractivity contribution in [1.29, 1.82) is 0 Å². The number of esters is 1. The summed E-state index contributed by atoms with van der Waals surface area (Å²) in [7, 11) is 0. The first-order valence-corrected chi connectivity index (χ1v) is 6.02. The molecule has 0 aliphatic heterocycles. The minimum atomic E-state index is -0.451. The molecule has 0 atom stereocenters. The molecule has 98 valence electrons. The minimum absolute atomic E-state index is 0.310. The van der Waals surface area contributed by atoms with Gasteiger partial charge in [-0.2, -0.15) is 0 Å². The quantitative estimate of drug-likeness (QED) is 0.627. The van der Waals surface area contributed by atoms with Crippen LogP contribution in [0.2, 0.25) is 0 Å². The molecular formula is C15H14FNO2. The number of carbonyl (C=O) groups is 1. The highest BCUT2D eigenvalue weighted by atomic mass is 19.1. The first kappa shape index (κ1) is 13.2. The Kier molecular flexibility index (Phi) is 3.90. The SMILES string of the molecule is CCOC(=O)/C=C/c1cc(F)cc2ccc(C)nc12. The van der Waals surface area contributed by atoms with Gasteiger partial charge in [0.25, 0.3) is 0 Å². The number of aromatic nitrogens is 1. The molecule has 0 bridgehead atoms. The summed E-state index contributed by atoms with van der Waals surface area (Å²) in [6.07, 6.45) is 2.80. The van der Waals surface area contributed by atoms with Crippen LogP contribution in [0.25, 0.3) is 17.0 Å². The van der Waals surface area contributed by atoms with E-state index in [1.165, 1.54) is 24.3 Å². The molecule has 0 aliphatic rings. The van der Waals surface area contributed by atoms with E-state index < -0.39 is 5.97 Å². The number of halogens is 1. The fraction of sp³-hybridized carbons (Fsp3) is 0.200. The van der Waals surface area contributed by atoms with Crippen LogP contribution in [0.15, 0.2) is 30.3 Å². The van der Waals surface area contributed by atoms with Gasteiger partial charge in [0.05, 0.1) is 12.1 Å². The Hall–Kier alpha value is -2.23. The van der Waals surface area contributed by atoms with Gasteiger partial charge in [0, 0.05) is 22.7 Å². The Morgan fingerprint density at radius 2 is 2.21 bits per heavy atom. The fourth-order valence-electron chi connectivity index (χ4n) is 1.80. The van der Waals surface area contributed by atoms with E-state index in [9.17, 15) is 9.18 Å². The van der Waals surface area contributed by atoms with E-state index in [0.717, 1.165) is 5.69 Å². The smallest absolute Gasteiger partial charge is 0.330 e. The third-order valence-electron chi connectivity index (χ3n) is 2.61. The van der Waals surface area contributed by atoms with Crippen molar-refractivity contribution in [2.45, 2.75) is 13.8 Å². The maximum absolute atomic E-state index is 13.5. The van der Waals surface area contributed by atoms with Crippen molar-refractivity contribution in [2.75, 3.05) is 6.61 Å². The van der Waals surface area contributed by atoms with Crippen molar-refractivity contribution in [3.05, 3.63) is 47.4 Å². The molecular weight excluding hydrogens is 245 g/mol. The van der Waals surface area contributed by atoms with Gasteiger partial charge in [0.15, 0.2) is 0 Å². The van der Waals surface area contributed by atoms with Crippen LogP contribution in [-0.2, 0) is 9.53 Å². The summed E-state index contributed by atoms with van der Waals surface area (Å²) >= 11 is 0. The Bertz CT molecular complexity index is 650. The lowest BCUT2D eigenvalue weighted by molar-refractivity contribution is -0.137. The first-order valence-electron chi connectivity index (χ1n) is 6.02. The molecule has 19 heavy (non-hydrogen) atoms. The van der Waals surface area contributed by atoms with Gasteiger partial charge in [0.2, 0.25) is 0 Å². The molecule has 1 heterocycles. The van der Waals surface area contributed by atoms with E-state index in [1.807, 2.05) is 19.1 Å². The van der Waals surface area contributed by atoms with Gasteiger partial charge in [-0.1, -0.05) is 6.07 Å². The van der Waals surface area contributed by atoms with Crippen LogP contribution >= 0.6 is 0 Å². The predicted octanol–water partition coefficient (Wildman–Crippen LogP) is 3.26. The van der Waals surface area contributed by atoms with Crippen LogP contribution in [0, 0.1) is 12.7 Å². The zero-order valence-corrected chi connectivity index (χ0v) is 10.8. The summed E-state index contributed by atoms with van der Waals surface area (Å²) in [6, 6.07) is 6.40. The highest BCUT2D eigenvalue weighted by Gasteiger charge is 2.04. The molecule has 1 aromatic carbocycles. The Morgan fingerprint density at radius 1 is 1.42 bits per heavy atom. The van der Waals surface area contributed by atoms with Gasteiger partial charge in [-0.05, 0) is 38.1 Å². The summed E-state index contributed by atoms with van der Waals surface area (Å²) in [4.78, 5) is 15.7. The lowest BCUT2D eigenvalue weighted by Crippen LogP contribution is -1.98. The first-order chi connectivity index (χ1) is 9.10. The van der Waals surface area contributed by atoms with E-state index >= 15 is 0 Å². The van der Waals surface area contributed by atoms with E-state index in [1.54, 1.807) is 6.92 Å². The highest BCUT2D eigenvalue weighted by Crippen LogP contribution is 2.20. The molecule has 1 aromatic heterocycles. The summed E-state index contributed by atoms with van der Waals surface area (Å²) < 4.78 is 18.3. The zero-order chi connectivity index (χ0) is 13.8. The molecule has 0 saturated heterocycles. The molecule has 0 fully saturated rings. The monoisotopic (exact) mass is 259 g/mol. The molecule has 0 amide bonds. The Balaban J connectivity index is 2.46. The molecule has 3 nitrogen and oxygen atoms in total. The average Bonchev–Trinajstić information content (AvgIpc) is 2.37. The van der Waals surface area contributed by atoms with Crippen molar-refractivity contribution < 1.29 is 13.9 Å². The third-order valence-corrected chi connectivity index (χ3v) is 2.61. The molecule has 0 unspecified atom stereocenters. The zero-order valence-electron chi connectivity index (χ0n) is 10.8. The standard InChI is InChI=1S/C15H14FNO2/c1-3-19-14(18)7-6-12-9-13(16)8-11-5-4-10(2)17-15(11)12/h4-9H,3H2,1-2H3/b7-6+. The van der Waals surface area contributed by atoms with E-state index in [4.69, 9.17) is 4.74 Å². The van der Waals surface area contributed by atoms with Crippen LogP contribution < -0.4 is 0 Å². The normalized spacial score (nSPS) is 11.1. The highest BCUT2D eigenvalue weighted by molar-refractivity contribution is 5.93. The van der Waals surface area contributed by atoms with Crippen LogP contribution in [0.3, 0.4) is 0 Å². The maximum atomic E-state index is 13.5. The van der Waals surface area contributed by atoms with Gasteiger partial charge in [-0.15, -0.1) is 0 Å². The second kappa shape index (κ2) is 5.61. The van der Waals surface area contributed by atoms with E-state index in [0.29, 0.717) is 23.1 Å². The van der Waals surface area contributed by atoms with Crippen molar-refractivity contribution in [3.8, 4) is 0 Å². The number of hydrogen-bond acceptors (Lipinski definition) is 3. The van der Waals surface area contributed by atoms with Gasteiger partial charge in [0.1, 0.15) is 5.82 Å². The lowest BCUT2D eigenvalue weighted by atomic mass is 10.1. The number of rotatable bonds is 3. The average molecular weight is 259 g/mol. The molecule has 2 aromatic rings. The van der Waals surface area contributed by atoms with Crippen molar-refractivity contribution in [2.24, 2.45) is 0 Å². The molecule has 4 heteroatoms. The number of fused-ring (bicyclic) bond motifs is 1. The minimum Gasteiger partial charge on any atom is -0.463 e. The summed E-state index contributed by atoms with van der Waals surface area (Å²) in [5.41, 5.74) is 2.07. The Morgan fingerprint density at radius 3 is 2.95 bits per heavy atom. The lowest BCUT2D eigenvalue weighted by Gasteiger charge is -2.03. The van der Waals surface area contributed by atoms with Gasteiger partial charge in [-0.3, -0.25) is 4.98 Å².